The monoisotopic (exact) mass is 340 g/mol. The highest BCUT2D eigenvalue weighted by molar-refractivity contribution is 8.51. The third kappa shape index (κ3) is 2.80. The Morgan fingerprint density at radius 1 is 0.522 bits per heavy atom. The van der Waals surface area contributed by atoms with Crippen LogP contribution in [0.15, 0.2) is 87.5 Å². The van der Waals surface area contributed by atoms with Crippen molar-refractivity contribution in [3.8, 4) is 0 Å². The van der Waals surface area contributed by atoms with E-state index in [9.17, 15) is 0 Å². The van der Waals surface area contributed by atoms with Crippen molar-refractivity contribution in [1.82, 2.24) is 0 Å². The molecule has 0 unspecified atom stereocenters. The van der Waals surface area contributed by atoms with E-state index in [0.717, 1.165) is 0 Å². The molecule has 23 heavy (non-hydrogen) atoms. The first-order valence-electron chi connectivity index (χ1n) is 7.75. The lowest BCUT2D eigenvalue weighted by Crippen LogP contribution is -2.02. The van der Waals surface area contributed by atoms with E-state index in [4.69, 9.17) is 10.7 Å². The molecule has 0 atom stereocenters. The molecule has 3 aromatic carbocycles. The van der Waals surface area contributed by atoms with Gasteiger partial charge in [-0.3, -0.25) is 0 Å². The molecular weight excluding hydrogens is 320 g/mol. The van der Waals surface area contributed by atoms with Crippen LogP contribution < -0.4 is 0 Å². The highest BCUT2D eigenvalue weighted by atomic mass is 35.7. The second kappa shape index (κ2) is 6.43. The zero-order chi connectivity index (χ0) is 16.4. The average molecular weight is 341 g/mol. The standard InChI is InChI=1S/C21H21ClS/c1-16-10-4-7-13-19(16)23(22,20-14-8-5-11-17(20)2)21-15-9-6-12-18(21)3/h4-15H,1-3H3. The molecule has 0 nitrogen and oxygen atoms in total. The van der Waals surface area contributed by atoms with Crippen molar-refractivity contribution < 1.29 is 0 Å². The third-order valence-electron chi connectivity index (χ3n) is 4.19. The van der Waals surface area contributed by atoms with Gasteiger partial charge >= 0.3 is 0 Å². The van der Waals surface area contributed by atoms with Gasteiger partial charge in [0.05, 0.1) is 0 Å². The summed E-state index contributed by atoms with van der Waals surface area (Å²) in [5, 5.41) is 0. The Hall–Kier alpha value is -1.70. The zero-order valence-corrected chi connectivity index (χ0v) is 15.3. The van der Waals surface area contributed by atoms with Crippen molar-refractivity contribution in [2.45, 2.75) is 35.5 Å². The molecule has 118 valence electrons. The van der Waals surface area contributed by atoms with Crippen LogP contribution in [-0.4, -0.2) is 0 Å². The maximum absolute atomic E-state index is 7.51. The van der Waals surface area contributed by atoms with Gasteiger partial charge in [0.1, 0.15) is 0 Å². The SMILES string of the molecule is Cc1ccccc1S(Cl)(c1ccccc1C)c1ccccc1C. The van der Waals surface area contributed by atoms with Gasteiger partial charge in [0.25, 0.3) is 0 Å². The maximum Gasteiger partial charge on any atom is 0.0146 e. The molecule has 3 rings (SSSR count). The summed E-state index contributed by atoms with van der Waals surface area (Å²) in [6, 6.07) is 25.5. The first-order valence-corrected chi connectivity index (χ1v) is 10.2. The summed E-state index contributed by atoms with van der Waals surface area (Å²) < 4.78 is 0. The van der Waals surface area contributed by atoms with E-state index in [1.54, 1.807) is 0 Å². The van der Waals surface area contributed by atoms with E-state index in [1.165, 1.54) is 31.4 Å². The average Bonchev–Trinajstić information content (AvgIpc) is 2.55. The fraction of sp³-hybridized carbons (Fsp3) is 0.143. The number of halogens is 1. The van der Waals surface area contributed by atoms with E-state index >= 15 is 0 Å². The van der Waals surface area contributed by atoms with Crippen LogP contribution in [0, 0.1) is 20.8 Å². The van der Waals surface area contributed by atoms with Crippen molar-refractivity contribution in [1.29, 1.82) is 0 Å². The van der Waals surface area contributed by atoms with E-state index in [2.05, 4.69) is 93.6 Å². The van der Waals surface area contributed by atoms with Crippen LogP contribution in [0.2, 0.25) is 0 Å². The molecule has 0 aliphatic carbocycles. The lowest BCUT2D eigenvalue weighted by atomic mass is 10.2. The molecule has 0 amide bonds. The minimum atomic E-state index is -1.79. The molecule has 0 fully saturated rings. The molecule has 0 radical (unpaired) electrons. The Balaban J connectivity index is 2.38. The quantitative estimate of drug-likeness (QED) is 0.479. The summed E-state index contributed by atoms with van der Waals surface area (Å²) in [5.41, 5.74) is 3.72. The molecule has 3 aromatic rings. The smallest absolute Gasteiger partial charge is 0.0146 e. The van der Waals surface area contributed by atoms with Crippen LogP contribution in [0.5, 0.6) is 0 Å². The molecule has 0 aliphatic heterocycles. The van der Waals surface area contributed by atoms with Gasteiger partial charge in [0.15, 0.2) is 0 Å². The number of hydrogen-bond donors (Lipinski definition) is 0. The first kappa shape index (κ1) is 16.2. The molecule has 2 heteroatoms. The van der Waals surface area contributed by atoms with Crippen LogP contribution in [0.25, 0.3) is 0 Å². The van der Waals surface area contributed by atoms with Crippen molar-refractivity contribution in [3.63, 3.8) is 0 Å². The van der Waals surface area contributed by atoms with Crippen LogP contribution in [0.1, 0.15) is 16.7 Å². The topological polar surface area (TPSA) is 0 Å². The van der Waals surface area contributed by atoms with Gasteiger partial charge < -0.3 is 0 Å². The summed E-state index contributed by atoms with van der Waals surface area (Å²) in [6.45, 7) is 6.45. The number of rotatable bonds is 3. The van der Waals surface area contributed by atoms with Gasteiger partial charge in [-0.25, -0.2) is 0 Å². The van der Waals surface area contributed by atoms with Crippen molar-refractivity contribution >= 4 is 19.9 Å². The van der Waals surface area contributed by atoms with E-state index in [1.807, 2.05) is 0 Å². The second-order valence-electron chi connectivity index (χ2n) is 5.83. The predicted molar refractivity (Wildman–Crippen MR) is 102 cm³/mol. The summed E-state index contributed by atoms with van der Waals surface area (Å²) >= 11 is 0. The van der Waals surface area contributed by atoms with Crippen LogP contribution in [0.3, 0.4) is 0 Å². The Kier molecular flexibility index (Phi) is 4.52. The van der Waals surface area contributed by atoms with Gasteiger partial charge in [0.2, 0.25) is 0 Å². The highest BCUT2D eigenvalue weighted by Gasteiger charge is 2.32. The third-order valence-corrected chi connectivity index (χ3v) is 8.88. The highest BCUT2D eigenvalue weighted by Crippen LogP contribution is 2.74. The van der Waals surface area contributed by atoms with Crippen molar-refractivity contribution in [2.24, 2.45) is 0 Å². The lowest BCUT2D eigenvalue weighted by Gasteiger charge is -2.37. The van der Waals surface area contributed by atoms with Gasteiger partial charge in [0, 0.05) is 14.7 Å². The normalized spacial score (nSPS) is 12.2. The van der Waals surface area contributed by atoms with Gasteiger partial charge in [-0.1, -0.05) is 74.5 Å². The molecule has 0 aliphatic rings. The molecule has 0 spiro atoms. The fourth-order valence-electron chi connectivity index (χ4n) is 2.97. The predicted octanol–water partition coefficient (Wildman–Crippen LogP) is 7.05. The second-order valence-corrected chi connectivity index (χ2v) is 9.62. The minimum absolute atomic E-state index is 1.23. The Morgan fingerprint density at radius 3 is 1.04 bits per heavy atom. The summed E-state index contributed by atoms with van der Waals surface area (Å²) in [7, 11) is 5.72. The molecule has 0 N–H and O–H groups in total. The van der Waals surface area contributed by atoms with Gasteiger partial charge in [-0.2, -0.15) is 0 Å². The molecule has 0 saturated heterocycles. The van der Waals surface area contributed by atoms with Crippen LogP contribution >= 0.6 is 19.9 Å². The summed E-state index contributed by atoms with van der Waals surface area (Å²) in [4.78, 5) is 3.68. The summed E-state index contributed by atoms with van der Waals surface area (Å²) in [5.74, 6) is 0. The number of benzene rings is 3. The van der Waals surface area contributed by atoms with E-state index < -0.39 is 9.24 Å². The van der Waals surface area contributed by atoms with Gasteiger partial charge in [-0.05, 0) is 55.7 Å². The lowest BCUT2D eigenvalue weighted by molar-refractivity contribution is 1.20. The minimum Gasteiger partial charge on any atom is -0.0802 e. The molecule has 0 saturated carbocycles. The number of aryl methyl sites for hydroxylation is 3. The summed E-state index contributed by atoms with van der Waals surface area (Å²) in [6.07, 6.45) is 0. The molecule has 0 heterocycles. The van der Waals surface area contributed by atoms with Crippen molar-refractivity contribution in [2.75, 3.05) is 0 Å². The zero-order valence-electron chi connectivity index (χ0n) is 13.7. The molecule has 0 bridgehead atoms. The van der Waals surface area contributed by atoms with E-state index in [-0.39, 0.29) is 0 Å². The van der Waals surface area contributed by atoms with Crippen LogP contribution in [0.4, 0.5) is 0 Å². The largest absolute Gasteiger partial charge is 0.0802 e. The fourth-order valence-corrected chi connectivity index (χ4v) is 7.57. The van der Waals surface area contributed by atoms with Crippen molar-refractivity contribution in [3.05, 3.63) is 89.5 Å². The Morgan fingerprint density at radius 2 is 0.783 bits per heavy atom. The maximum atomic E-state index is 7.51. The number of hydrogen-bond acceptors (Lipinski definition) is 0. The Labute approximate surface area is 145 Å². The Bertz CT molecular complexity index is 728. The molecule has 0 aromatic heterocycles. The van der Waals surface area contributed by atoms with Crippen LogP contribution in [-0.2, 0) is 0 Å². The van der Waals surface area contributed by atoms with E-state index in [0.29, 0.717) is 0 Å². The van der Waals surface area contributed by atoms with Gasteiger partial charge in [-0.15, -0.1) is 0 Å². The first-order chi connectivity index (χ1) is 11.0. The molecular formula is C21H21ClS.